The van der Waals surface area contributed by atoms with Gasteiger partial charge in [-0.2, -0.15) is 0 Å². The third kappa shape index (κ3) is 4.11. The van der Waals surface area contributed by atoms with E-state index in [4.69, 9.17) is 33.8 Å². The van der Waals surface area contributed by atoms with Gasteiger partial charge in [-0.3, -0.25) is 10.2 Å². The number of ether oxygens (including phenoxy) is 1. The Morgan fingerprint density at radius 3 is 2.71 bits per heavy atom. The van der Waals surface area contributed by atoms with Crippen LogP contribution in [0.15, 0.2) is 40.9 Å². The number of carbonyl (C=O) groups is 1. The fraction of sp³-hybridized carbons (Fsp3) is 0.0714. The van der Waals surface area contributed by atoms with Crippen molar-refractivity contribution < 1.29 is 9.53 Å². The van der Waals surface area contributed by atoms with E-state index in [9.17, 15) is 4.79 Å². The van der Waals surface area contributed by atoms with E-state index in [1.165, 1.54) is 0 Å². The minimum Gasteiger partial charge on any atom is -0.487 e. The highest BCUT2D eigenvalue weighted by atomic mass is 79.9. The van der Waals surface area contributed by atoms with Crippen LogP contribution >= 0.6 is 39.1 Å². The quantitative estimate of drug-likeness (QED) is 0.360. The van der Waals surface area contributed by atoms with E-state index in [2.05, 4.69) is 21.4 Å². The number of amides is 1. The first-order valence-corrected chi connectivity index (χ1v) is 7.43. The molecule has 2 rings (SSSR count). The number of nitrogen functional groups attached to an aromatic ring is 1. The summed E-state index contributed by atoms with van der Waals surface area (Å²) in [5.74, 6) is 5.21. The van der Waals surface area contributed by atoms with Gasteiger partial charge in [0.15, 0.2) is 0 Å². The number of hydrogen-bond donors (Lipinski definition) is 2. The van der Waals surface area contributed by atoms with Crippen molar-refractivity contribution in [1.82, 2.24) is 5.43 Å². The Bertz CT molecular complexity index is 680. The number of carbonyl (C=O) groups excluding carboxylic acids is 1. The van der Waals surface area contributed by atoms with E-state index in [1.54, 1.807) is 30.3 Å². The Labute approximate surface area is 140 Å². The summed E-state index contributed by atoms with van der Waals surface area (Å²) in [6.45, 7) is 0.253. The molecule has 2 aromatic rings. The van der Waals surface area contributed by atoms with Gasteiger partial charge in [0.1, 0.15) is 12.4 Å². The summed E-state index contributed by atoms with van der Waals surface area (Å²) in [5, 5.41) is 0.952. The molecule has 0 aliphatic carbocycles. The molecule has 4 nitrogen and oxygen atoms in total. The molecule has 1 amide bonds. The van der Waals surface area contributed by atoms with Gasteiger partial charge in [0.25, 0.3) is 5.91 Å². The Morgan fingerprint density at radius 1 is 1.24 bits per heavy atom. The van der Waals surface area contributed by atoms with Crippen LogP contribution in [0, 0.1) is 0 Å². The third-order valence-corrected chi connectivity index (χ3v) is 4.18. The molecular weight excluding hydrogens is 379 g/mol. The lowest BCUT2D eigenvalue weighted by Gasteiger charge is -2.10. The number of nitrogens with one attached hydrogen (secondary N) is 1. The lowest BCUT2D eigenvalue weighted by molar-refractivity contribution is 0.0953. The minimum atomic E-state index is -0.360. The van der Waals surface area contributed by atoms with Gasteiger partial charge in [-0.25, -0.2) is 5.84 Å². The van der Waals surface area contributed by atoms with E-state index < -0.39 is 0 Å². The summed E-state index contributed by atoms with van der Waals surface area (Å²) in [6.07, 6.45) is 0. The predicted molar refractivity (Wildman–Crippen MR) is 86.6 cm³/mol. The molecule has 7 heteroatoms. The number of rotatable bonds is 4. The Hall–Kier alpha value is -1.27. The van der Waals surface area contributed by atoms with Gasteiger partial charge in [-0.15, -0.1) is 0 Å². The van der Waals surface area contributed by atoms with Gasteiger partial charge in [0.2, 0.25) is 0 Å². The van der Waals surface area contributed by atoms with E-state index in [0.717, 1.165) is 5.56 Å². The molecule has 3 N–H and O–H groups in total. The Morgan fingerprint density at radius 2 is 2.00 bits per heavy atom. The summed E-state index contributed by atoms with van der Waals surface area (Å²) in [4.78, 5) is 11.5. The lowest BCUT2D eigenvalue weighted by atomic mass is 10.1. The number of hydrazine groups is 1. The Balaban J connectivity index is 2.13. The topological polar surface area (TPSA) is 64.3 Å². The van der Waals surface area contributed by atoms with E-state index in [1.807, 2.05) is 6.07 Å². The number of nitrogens with two attached hydrogens (primary N) is 1. The second-order valence-corrected chi connectivity index (χ2v) is 5.83. The van der Waals surface area contributed by atoms with Gasteiger partial charge in [-0.05, 0) is 39.7 Å². The molecule has 110 valence electrons. The molecule has 0 saturated heterocycles. The molecule has 0 bridgehead atoms. The smallest absolute Gasteiger partial charge is 0.265 e. The van der Waals surface area contributed by atoms with Crippen LogP contribution in [0.3, 0.4) is 0 Å². The van der Waals surface area contributed by atoms with Crippen molar-refractivity contribution in [3.63, 3.8) is 0 Å². The predicted octanol–water partition coefficient (Wildman–Crippen LogP) is 3.94. The fourth-order valence-corrected chi connectivity index (χ4v) is 2.51. The molecular formula is C14H11BrCl2N2O2. The molecule has 0 aliphatic heterocycles. The van der Waals surface area contributed by atoms with E-state index in [0.29, 0.717) is 25.8 Å². The maximum Gasteiger partial charge on any atom is 0.265 e. The van der Waals surface area contributed by atoms with Crippen molar-refractivity contribution in [2.45, 2.75) is 6.61 Å². The lowest BCUT2D eigenvalue weighted by Crippen LogP contribution is -2.30. The van der Waals surface area contributed by atoms with Crippen molar-refractivity contribution >= 4 is 45.0 Å². The summed E-state index contributed by atoms with van der Waals surface area (Å²) in [5.41, 5.74) is 3.35. The van der Waals surface area contributed by atoms with Crippen LogP contribution < -0.4 is 16.0 Å². The zero-order chi connectivity index (χ0) is 15.4. The molecule has 0 fully saturated rings. The van der Waals surface area contributed by atoms with E-state index in [-0.39, 0.29) is 12.5 Å². The van der Waals surface area contributed by atoms with Crippen molar-refractivity contribution in [3.05, 3.63) is 62.0 Å². The minimum absolute atomic E-state index is 0.253. The average molecular weight is 390 g/mol. The second kappa shape index (κ2) is 7.13. The first-order valence-electron chi connectivity index (χ1n) is 5.88. The standard InChI is InChI=1S/C14H11BrCl2N2O2/c15-10-5-12(17)13(6-11(10)16)21-7-8-2-1-3-9(4-8)14(20)19-18/h1-6H,7,18H2,(H,19,20). The molecule has 2 aromatic carbocycles. The number of hydrogen-bond acceptors (Lipinski definition) is 3. The summed E-state index contributed by atoms with van der Waals surface area (Å²) in [6, 6.07) is 10.2. The highest BCUT2D eigenvalue weighted by molar-refractivity contribution is 9.10. The van der Waals surface area contributed by atoms with Crippen molar-refractivity contribution in [2.24, 2.45) is 5.84 Å². The van der Waals surface area contributed by atoms with Crippen LogP contribution in [0.4, 0.5) is 0 Å². The monoisotopic (exact) mass is 388 g/mol. The van der Waals surface area contributed by atoms with Crippen LogP contribution in [0.5, 0.6) is 5.75 Å². The number of benzene rings is 2. The van der Waals surface area contributed by atoms with Crippen LogP contribution in [0.1, 0.15) is 15.9 Å². The highest BCUT2D eigenvalue weighted by Gasteiger charge is 2.08. The molecule has 21 heavy (non-hydrogen) atoms. The summed E-state index contributed by atoms with van der Waals surface area (Å²) in [7, 11) is 0. The van der Waals surface area contributed by atoms with Crippen LogP contribution in [0.25, 0.3) is 0 Å². The summed E-state index contributed by atoms with van der Waals surface area (Å²) < 4.78 is 6.32. The normalized spacial score (nSPS) is 10.3. The highest BCUT2D eigenvalue weighted by Crippen LogP contribution is 2.34. The van der Waals surface area contributed by atoms with Crippen LogP contribution in [-0.2, 0) is 6.61 Å². The molecule has 0 aromatic heterocycles. The second-order valence-electron chi connectivity index (χ2n) is 4.16. The van der Waals surface area contributed by atoms with Crippen LogP contribution in [-0.4, -0.2) is 5.91 Å². The van der Waals surface area contributed by atoms with Gasteiger partial charge in [-0.1, -0.05) is 35.3 Å². The molecule has 0 spiro atoms. The average Bonchev–Trinajstić information content (AvgIpc) is 2.49. The zero-order valence-electron chi connectivity index (χ0n) is 10.7. The summed E-state index contributed by atoms with van der Waals surface area (Å²) >= 11 is 15.4. The van der Waals surface area contributed by atoms with Gasteiger partial charge in [0, 0.05) is 16.1 Å². The van der Waals surface area contributed by atoms with Crippen molar-refractivity contribution in [3.8, 4) is 5.75 Å². The van der Waals surface area contributed by atoms with Crippen molar-refractivity contribution in [1.29, 1.82) is 0 Å². The third-order valence-electron chi connectivity index (χ3n) is 2.69. The first-order chi connectivity index (χ1) is 10.0. The largest absolute Gasteiger partial charge is 0.487 e. The molecule has 0 radical (unpaired) electrons. The molecule has 0 aliphatic rings. The SMILES string of the molecule is NNC(=O)c1cccc(COc2cc(Cl)c(Br)cc2Cl)c1. The maximum atomic E-state index is 11.5. The van der Waals surface area contributed by atoms with E-state index >= 15 is 0 Å². The maximum absolute atomic E-state index is 11.5. The molecule has 0 unspecified atom stereocenters. The first kappa shape index (κ1) is 16.1. The number of halogens is 3. The zero-order valence-corrected chi connectivity index (χ0v) is 13.8. The fourth-order valence-electron chi connectivity index (χ4n) is 1.66. The van der Waals surface area contributed by atoms with Gasteiger partial charge >= 0.3 is 0 Å². The molecule has 0 saturated carbocycles. The van der Waals surface area contributed by atoms with Crippen LogP contribution in [0.2, 0.25) is 10.0 Å². The Kier molecular flexibility index (Phi) is 5.47. The van der Waals surface area contributed by atoms with Gasteiger partial charge in [0.05, 0.1) is 10.0 Å². The molecule has 0 atom stereocenters. The van der Waals surface area contributed by atoms with Crippen molar-refractivity contribution in [2.75, 3.05) is 0 Å². The molecule has 0 heterocycles. The van der Waals surface area contributed by atoms with Gasteiger partial charge < -0.3 is 4.74 Å².